The number of halogens is 1. The van der Waals surface area contributed by atoms with E-state index in [4.69, 9.17) is 10.2 Å². The van der Waals surface area contributed by atoms with Gasteiger partial charge in [-0.05, 0) is 22.0 Å². The molecule has 0 aromatic carbocycles. The third-order valence-electron chi connectivity index (χ3n) is 1.87. The Bertz CT molecular complexity index is 415. The van der Waals surface area contributed by atoms with E-state index in [-0.39, 0.29) is 6.04 Å². The molecule has 0 spiro atoms. The maximum absolute atomic E-state index is 5.96. The van der Waals surface area contributed by atoms with E-state index in [1.165, 1.54) is 6.33 Å². The largest absolute Gasteiger partial charge is 0.466 e. The van der Waals surface area contributed by atoms with Crippen molar-refractivity contribution in [1.29, 1.82) is 0 Å². The van der Waals surface area contributed by atoms with Crippen LogP contribution in [-0.4, -0.2) is 9.97 Å². The Labute approximate surface area is 89.3 Å². The lowest BCUT2D eigenvalue weighted by molar-refractivity contribution is 0.486. The van der Waals surface area contributed by atoms with Crippen molar-refractivity contribution in [1.82, 2.24) is 9.97 Å². The van der Waals surface area contributed by atoms with Gasteiger partial charge in [-0.2, -0.15) is 0 Å². The van der Waals surface area contributed by atoms with Gasteiger partial charge in [0.05, 0.1) is 16.8 Å². The van der Waals surface area contributed by atoms with Gasteiger partial charge in [-0.3, -0.25) is 0 Å². The minimum Gasteiger partial charge on any atom is -0.466 e. The first-order chi connectivity index (χ1) is 6.79. The summed E-state index contributed by atoms with van der Waals surface area (Å²) in [7, 11) is 0. The molecular weight excluding hydrogens is 246 g/mol. The van der Waals surface area contributed by atoms with Gasteiger partial charge >= 0.3 is 0 Å². The third-order valence-corrected chi connectivity index (χ3v) is 2.52. The van der Waals surface area contributed by atoms with Crippen molar-refractivity contribution in [3.63, 3.8) is 0 Å². The second kappa shape index (κ2) is 3.89. The van der Waals surface area contributed by atoms with Gasteiger partial charge in [0.1, 0.15) is 12.1 Å². The molecule has 0 fully saturated rings. The maximum Gasteiger partial charge on any atom is 0.139 e. The van der Waals surface area contributed by atoms with Gasteiger partial charge in [0.25, 0.3) is 0 Å². The van der Waals surface area contributed by atoms with E-state index in [9.17, 15) is 0 Å². The van der Waals surface area contributed by atoms with Gasteiger partial charge < -0.3 is 10.2 Å². The van der Waals surface area contributed by atoms with Crippen LogP contribution >= 0.6 is 15.9 Å². The van der Waals surface area contributed by atoms with Gasteiger partial charge in [0.2, 0.25) is 0 Å². The van der Waals surface area contributed by atoms with E-state index in [0.717, 1.165) is 10.0 Å². The molecule has 2 aromatic heterocycles. The second-order valence-corrected chi connectivity index (χ2v) is 3.64. The molecule has 2 heterocycles. The summed E-state index contributed by atoms with van der Waals surface area (Å²) in [4.78, 5) is 7.79. The smallest absolute Gasteiger partial charge is 0.139 e. The number of hydrogen-bond donors (Lipinski definition) is 1. The predicted octanol–water partition coefficient (Wildman–Crippen LogP) is 1.88. The molecule has 4 nitrogen and oxygen atoms in total. The van der Waals surface area contributed by atoms with Crippen LogP contribution in [0.4, 0.5) is 0 Å². The van der Waals surface area contributed by atoms with Crippen LogP contribution in [0.3, 0.4) is 0 Å². The fourth-order valence-corrected chi connectivity index (χ4v) is 1.60. The summed E-state index contributed by atoms with van der Waals surface area (Å²) in [5.41, 5.74) is 6.78. The summed E-state index contributed by atoms with van der Waals surface area (Å²) < 4.78 is 6.11. The van der Waals surface area contributed by atoms with Crippen molar-refractivity contribution in [3.05, 3.63) is 46.8 Å². The molecule has 1 atom stereocenters. The van der Waals surface area contributed by atoms with E-state index in [0.29, 0.717) is 5.76 Å². The number of rotatable bonds is 2. The van der Waals surface area contributed by atoms with Crippen molar-refractivity contribution >= 4 is 15.9 Å². The highest BCUT2D eigenvalue weighted by Crippen LogP contribution is 2.26. The van der Waals surface area contributed by atoms with Crippen LogP contribution in [0.2, 0.25) is 0 Å². The van der Waals surface area contributed by atoms with Crippen molar-refractivity contribution < 1.29 is 4.42 Å². The van der Waals surface area contributed by atoms with E-state index < -0.39 is 0 Å². The quantitative estimate of drug-likeness (QED) is 0.888. The van der Waals surface area contributed by atoms with Gasteiger partial charge in [-0.15, -0.1) is 0 Å². The van der Waals surface area contributed by atoms with E-state index in [1.54, 1.807) is 24.7 Å². The van der Waals surface area contributed by atoms with Crippen LogP contribution in [-0.2, 0) is 0 Å². The van der Waals surface area contributed by atoms with Crippen LogP contribution in [0.25, 0.3) is 0 Å². The highest BCUT2D eigenvalue weighted by molar-refractivity contribution is 9.10. The lowest BCUT2D eigenvalue weighted by atomic mass is 10.1. The molecule has 0 saturated heterocycles. The standard InChI is InChI=1S/C9H8BrN3O/c10-7-1-2-14-9(7)8(11)6-3-12-5-13-4-6/h1-5,8H,11H2. The van der Waals surface area contributed by atoms with E-state index >= 15 is 0 Å². The van der Waals surface area contributed by atoms with Crippen molar-refractivity contribution in [2.75, 3.05) is 0 Å². The van der Waals surface area contributed by atoms with Crippen LogP contribution in [0.15, 0.2) is 39.9 Å². The van der Waals surface area contributed by atoms with Crippen molar-refractivity contribution in [2.24, 2.45) is 5.73 Å². The molecule has 72 valence electrons. The number of aromatic nitrogens is 2. The molecule has 0 aliphatic heterocycles. The monoisotopic (exact) mass is 253 g/mol. The van der Waals surface area contributed by atoms with E-state index in [2.05, 4.69) is 25.9 Å². The first-order valence-corrected chi connectivity index (χ1v) is 4.81. The molecule has 0 aliphatic rings. The Morgan fingerprint density at radius 1 is 1.36 bits per heavy atom. The SMILES string of the molecule is NC(c1cncnc1)c1occc1Br. The Morgan fingerprint density at radius 3 is 2.64 bits per heavy atom. The number of nitrogens with zero attached hydrogens (tertiary/aromatic N) is 2. The molecule has 1 unspecified atom stereocenters. The highest BCUT2D eigenvalue weighted by Gasteiger charge is 2.15. The van der Waals surface area contributed by atoms with Crippen LogP contribution in [0.5, 0.6) is 0 Å². The second-order valence-electron chi connectivity index (χ2n) is 2.78. The summed E-state index contributed by atoms with van der Waals surface area (Å²) in [5.74, 6) is 0.680. The van der Waals surface area contributed by atoms with Crippen LogP contribution in [0.1, 0.15) is 17.4 Å². The lowest BCUT2D eigenvalue weighted by Gasteiger charge is -2.07. The number of nitrogens with two attached hydrogens (primary N) is 1. The average molecular weight is 254 g/mol. The molecule has 5 heteroatoms. The normalized spacial score (nSPS) is 12.7. The summed E-state index contributed by atoms with van der Waals surface area (Å²) in [6.45, 7) is 0. The van der Waals surface area contributed by atoms with Gasteiger partial charge in [0.15, 0.2) is 0 Å². The minimum absolute atomic E-state index is 0.333. The van der Waals surface area contributed by atoms with Crippen molar-refractivity contribution in [2.45, 2.75) is 6.04 Å². The molecule has 0 amide bonds. The van der Waals surface area contributed by atoms with Gasteiger partial charge in [-0.1, -0.05) is 0 Å². The molecule has 0 bridgehead atoms. The molecule has 2 N–H and O–H groups in total. The molecule has 0 aliphatic carbocycles. The highest BCUT2D eigenvalue weighted by atomic mass is 79.9. The van der Waals surface area contributed by atoms with Gasteiger partial charge in [-0.25, -0.2) is 9.97 Å². The fraction of sp³-hybridized carbons (Fsp3) is 0.111. The van der Waals surface area contributed by atoms with Crippen LogP contribution in [0, 0.1) is 0 Å². The topological polar surface area (TPSA) is 64.9 Å². The van der Waals surface area contributed by atoms with Gasteiger partial charge in [0, 0.05) is 18.0 Å². The molecular formula is C9H8BrN3O. The summed E-state index contributed by atoms with van der Waals surface area (Å²) in [5, 5.41) is 0. The minimum atomic E-state index is -0.333. The van der Waals surface area contributed by atoms with E-state index in [1.807, 2.05) is 0 Å². The zero-order chi connectivity index (χ0) is 9.97. The first kappa shape index (κ1) is 9.36. The van der Waals surface area contributed by atoms with Crippen molar-refractivity contribution in [3.8, 4) is 0 Å². The Kier molecular flexibility index (Phi) is 2.60. The summed E-state index contributed by atoms with van der Waals surface area (Å²) in [6.07, 6.45) is 6.40. The lowest BCUT2D eigenvalue weighted by Crippen LogP contribution is -2.11. The summed E-state index contributed by atoms with van der Waals surface area (Å²) in [6, 6.07) is 1.47. The zero-order valence-electron chi connectivity index (χ0n) is 7.22. The fourth-order valence-electron chi connectivity index (χ4n) is 1.15. The number of hydrogen-bond acceptors (Lipinski definition) is 4. The molecule has 0 saturated carbocycles. The zero-order valence-corrected chi connectivity index (χ0v) is 8.81. The number of furan rings is 1. The first-order valence-electron chi connectivity index (χ1n) is 4.02. The third kappa shape index (κ3) is 1.69. The average Bonchev–Trinajstić information content (AvgIpc) is 2.65. The summed E-state index contributed by atoms with van der Waals surface area (Å²) >= 11 is 3.35. The Morgan fingerprint density at radius 2 is 2.07 bits per heavy atom. The molecule has 2 aromatic rings. The predicted molar refractivity (Wildman–Crippen MR) is 54.5 cm³/mol. The molecule has 14 heavy (non-hydrogen) atoms. The molecule has 0 radical (unpaired) electrons. The Balaban J connectivity index is 2.34. The van der Waals surface area contributed by atoms with Crippen LogP contribution < -0.4 is 5.73 Å². The maximum atomic E-state index is 5.96. The Hall–Kier alpha value is -1.20. The molecule has 2 rings (SSSR count).